The first-order valence-electron chi connectivity index (χ1n) is 6.87. The van der Waals surface area contributed by atoms with Gasteiger partial charge in [-0.1, -0.05) is 0 Å². The van der Waals surface area contributed by atoms with Crippen LogP contribution in [0.4, 0.5) is 4.39 Å². The molecule has 1 fully saturated rings. The minimum atomic E-state index is -1.11. The van der Waals surface area contributed by atoms with E-state index in [0.29, 0.717) is 5.69 Å². The van der Waals surface area contributed by atoms with E-state index >= 15 is 0 Å². The summed E-state index contributed by atoms with van der Waals surface area (Å²) in [4.78, 5) is 25.2. The Kier molecular flexibility index (Phi) is 4.62. The lowest BCUT2D eigenvalue weighted by Gasteiger charge is -2.23. The number of aryl methyl sites for hydroxylation is 1. The summed E-state index contributed by atoms with van der Waals surface area (Å²) in [6.07, 6.45) is -0.904. The molecule has 0 bridgehead atoms. The summed E-state index contributed by atoms with van der Waals surface area (Å²) >= 11 is 0. The topological polar surface area (TPSA) is 82.8 Å². The third-order valence-corrected chi connectivity index (χ3v) is 3.76. The van der Waals surface area contributed by atoms with Crippen LogP contribution in [0.25, 0.3) is 0 Å². The van der Waals surface area contributed by atoms with E-state index < -0.39 is 12.2 Å². The molecule has 21 heavy (non-hydrogen) atoms. The van der Waals surface area contributed by atoms with Crippen LogP contribution >= 0.6 is 0 Å². The fourth-order valence-electron chi connectivity index (χ4n) is 2.69. The second-order valence-electron chi connectivity index (χ2n) is 5.31. The molecule has 116 valence electrons. The van der Waals surface area contributed by atoms with E-state index in [4.69, 9.17) is 5.11 Å². The Bertz CT molecular complexity index is 587. The number of alkyl halides is 1. The first-order valence-corrected chi connectivity index (χ1v) is 6.87. The lowest BCUT2D eigenvalue weighted by molar-refractivity contribution is -0.133. The van der Waals surface area contributed by atoms with Gasteiger partial charge in [0.05, 0.1) is 19.2 Å². The van der Waals surface area contributed by atoms with Crippen molar-refractivity contribution in [3.63, 3.8) is 0 Å². The van der Waals surface area contributed by atoms with Gasteiger partial charge in [-0.15, -0.1) is 0 Å². The van der Waals surface area contributed by atoms with Gasteiger partial charge in [0.15, 0.2) is 0 Å². The van der Waals surface area contributed by atoms with Crippen molar-refractivity contribution in [2.45, 2.75) is 38.5 Å². The number of carbonyl (C=O) groups is 1. The number of pyridine rings is 1. The number of carbonyl (C=O) groups excluding carboxylic acids is 1. The first kappa shape index (κ1) is 15.5. The molecule has 1 aliphatic heterocycles. The van der Waals surface area contributed by atoms with Crippen LogP contribution in [0.1, 0.15) is 18.5 Å². The van der Waals surface area contributed by atoms with Gasteiger partial charge in [-0.05, 0) is 13.0 Å². The molecular formula is C14H19FN2O4. The monoisotopic (exact) mass is 298 g/mol. The lowest BCUT2D eigenvalue weighted by atomic mass is 10.2. The molecule has 0 saturated carbocycles. The summed E-state index contributed by atoms with van der Waals surface area (Å²) in [7, 11) is 0. The highest BCUT2D eigenvalue weighted by atomic mass is 19.1. The van der Waals surface area contributed by atoms with E-state index in [9.17, 15) is 19.1 Å². The summed E-state index contributed by atoms with van der Waals surface area (Å²) in [5, 5.41) is 18.5. The maximum absolute atomic E-state index is 13.3. The Morgan fingerprint density at radius 2 is 2.19 bits per heavy atom. The summed E-state index contributed by atoms with van der Waals surface area (Å²) in [5.41, 5.74) is 0.167. The van der Waals surface area contributed by atoms with Crippen LogP contribution in [0.2, 0.25) is 0 Å². The zero-order valence-electron chi connectivity index (χ0n) is 11.8. The Hall–Kier alpha value is -1.89. The van der Waals surface area contributed by atoms with Gasteiger partial charge in [-0.25, -0.2) is 4.39 Å². The molecule has 7 heteroatoms. The van der Waals surface area contributed by atoms with E-state index in [1.54, 1.807) is 6.92 Å². The summed E-state index contributed by atoms with van der Waals surface area (Å²) in [5.74, 6) is -0.395. The van der Waals surface area contributed by atoms with E-state index in [1.807, 2.05) is 0 Å². The molecule has 0 aliphatic carbocycles. The normalized spacial score (nSPS) is 21.8. The van der Waals surface area contributed by atoms with E-state index in [1.165, 1.54) is 15.5 Å². The first-order chi connectivity index (χ1) is 9.92. The number of aliphatic hydroxyl groups excluding tert-OH is 1. The molecule has 1 amide bonds. The molecule has 2 heterocycles. The van der Waals surface area contributed by atoms with Crippen molar-refractivity contribution in [2.24, 2.45) is 0 Å². The van der Waals surface area contributed by atoms with E-state index in [-0.39, 0.29) is 49.8 Å². The number of rotatable bonds is 4. The van der Waals surface area contributed by atoms with Crippen LogP contribution in [0, 0.1) is 6.92 Å². The highest BCUT2D eigenvalue weighted by molar-refractivity contribution is 5.76. The largest absolute Gasteiger partial charge is 0.508 e. The van der Waals surface area contributed by atoms with Crippen LogP contribution in [0.15, 0.2) is 16.9 Å². The Morgan fingerprint density at radius 1 is 1.48 bits per heavy atom. The van der Waals surface area contributed by atoms with Crippen LogP contribution in [-0.2, 0) is 11.3 Å². The summed E-state index contributed by atoms with van der Waals surface area (Å²) < 4.78 is 14.7. The highest BCUT2D eigenvalue weighted by Crippen LogP contribution is 2.21. The second kappa shape index (κ2) is 6.26. The Balaban J connectivity index is 2.03. The number of aliphatic hydroxyl groups is 1. The van der Waals surface area contributed by atoms with Crippen LogP contribution < -0.4 is 5.56 Å². The lowest BCUT2D eigenvalue weighted by Crippen LogP contribution is -2.38. The smallest absolute Gasteiger partial charge is 0.254 e. The maximum Gasteiger partial charge on any atom is 0.254 e. The van der Waals surface area contributed by atoms with Crippen molar-refractivity contribution in [3.8, 4) is 5.75 Å². The van der Waals surface area contributed by atoms with Gasteiger partial charge in [0.2, 0.25) is 5.91 Å². The van der Waals surface area contributed by atoms with Crippen LogP contribution in [-0.4, -0.2) is 51.0 Å². The average Bonchev–Trinajstić information content (AvgIpc) is 2.78. The van der Waals surface area contributed by atoms with Crippen molar-refractivity contribution in [1.29, 1.82) is 0 Å². The number of hydrogen-bond acceptors (Lipinski definition) is 4. The summed E-state index contributed by atoms with van der Waals surface area (Å²) in [6, 6.07) is 2.04. The number of hydrogen-bond donors (Lipinski definition) is 2. The third kappa shape index (κ3) is 3.41. The van der Waals surface area contributed by atoms with E-state index in [2.05, 4.69) is 0 Å². The van der Waals surface area contributed by atoms with Crippen LogP contribution in [0.3, 0.4) is 0 Å². The molecule has 1 aromatic heterocycles. The SMILES string of the molecule is Cc1cc(O)cc(=O)n1CCC(=O)N1C[C@@H](F)C[C@H]1CO. The number of aromatic hydroxyl groups is 1. The molecule has 6 nitrogen and oxygen atoms in total. The van der Waals surface area contributed by atoms with Crippen LogP contribution in [0.5, 0.6) is 5.75 Å². The second-order valence-corrected chi connectivity index (χ2v) is 5.31. The number of halogens is 1. The molecule has 0 aromatic carbocycles. The van der Waals surface area contributed by atoms with Crippen molar-refractivity contribution in [3.05, 3.63) is 28.2 Å². The van der Waals surface area contributed by atoms with Gasteiger partial charge < -0.3 is 19.7 Å². The predicted octanol–water partition coefficient (Wildman–Crippen LogP) is 0.184. The molecule has 1 saturated heterocycles. The van der Waals surface area contributed by atoms with Gasteiger partial charge in [0, 0.05) is 31.1 Å². The zero-order valence-corrected chi connectivity index (χ0v) is 11.8. The molecule has 1 aromatic rings. The van der Waals surface area contributed by atoms with Gasteiger partial charge in [-0.3, -0.25) is 9.59 Å². The van der Waals surface area contributed by atoms with Gasteiger partial charge in [0.1, 0.15) is 11.9 Å². The molecule has 2 atom stereocenters. The molecule has 0 unspecified atom stereocenters. The minimum Gasteiger partial charge on any atom is -0.508 e. The fraction of sp³-hybridized carbons (Fsp3) is 0.571. The highest BCUT2D eigenvalue weighted by Gasteiger charge is 2.34. The molecule has 2 N–H and O–H groups in total. The molecule has 1 aliphatic rings. The van der Waals surface area contributed by atoms with Crippen molar-refractivity contribution in [1.82, 2.24) is 9.47 Å². The quantitative estimate of drug-likeness (QED) is 0.831. The van der Waals surface area contributed by atoms with Gasteiger partial charge >= 0.3 is 0 Å². The molecule has 2 rings (SSSR count). The van der Waals surface area contributed by atoms with Crippen molar-refractivity contribution in [2.75, 3.05) is 13.2 Å². The van der Waals surface area contributed by atoms with Crippen molar-refractivity contribution >= 4 is 5.91 Å². The average molecular weight is 298 g/mol. The zero-order chi connectivity index (χ0) is 15.6. The van der Waals surface area contributed by atoms with Gasteiger partial charge in [-0.2, -0.15) is 0 Å². The minimum absolute atomic E-state index is 0.00643. The van der Waals surface area contributed by atoms with Crippen molar-refractivity contribution < 1.29 is 19.4 Å². The fourth-order valence-corrected chi connectivity index (χ4v) is 2.69. The van der Waals surface area contributed by atoms with E-state index in [0.717, 1.165) is 6.07 Å². The number of likely N-dealkylation sites (tertiary alicyclic amines) is 1. The Morgan fingerprint density at radius 3 is 2.81 bits per heavy atom. The Labute approximate surface area is 121 Å². The standard InChI is InChI=1S/C14H19FN2O4/c1-9-4-12(19)6-14(21)16(9)3-2-13(20)17-7-10(15)5-11(17)8-18/h4,6,10-11,18-19H,2-3,5,7-8H2,1H3/t10-,11-/m0/s1. The molecule has 0 spiro atoms. The number of aromatic nitrogens is 1. The van der Waals surface area contributed by atoms with Gasteiger partial charge in [0.25, 0.3) is 5.56 Å². The predicted molar refractivity (Wildman–Crippen MR) is 73.8 cm³/mol. The molecule has 0 radical (unpaired) electrons. The number of amides is 1. The number of nitrogens with zero attached hydrogens (tertiary/aromatic N) is 2. The third-order valence-electron chi connectivity index (χ3n) is 3.76. The molecular weight excluding hydrogens is 279 g/mol. The summed E-state index contributed by atoms with van der Waals surface area (Å²) in [6.45, 7) is 1.56. The maximum atomic E-state index is 13.3.